The molecule has 2 fully saturated rings. The molecule has 8 nitrogen and oxygen atoms in total. The van der Waals surface area contributed by atoms with E-state index < -0.39 is 5.82 Å². The summed E-state index contributed by atoms with van der Waals surface area (Å²) in [5.41, 5.74) is 1.98. The van der Waals surface area contributed by atoms with E-state index in [1.54, 1.807) is 7.05 Å². The van der Waals surface area contributed by atoms with Crippen LogP contribution < -0.4 is 15.8 Å². The minimum Gasteiger partial charge on any atom is -0.370 e. The molecule has 3 aromatic rings. The van der Waals surface area contributed by atoms with E-state index in [2.05, 4.69) is 15.3 Å². The number of hydrogen-bond acceptors (Lipinski definition) is 6. The minimum absolute atomic E-state index is 0.0973. The molecule has 1 N–H and O–H groups in total. The van der Waals surface area contributed by atoms with Crippen molar-refractivity contribution in [2.24, 2.45) is 13.0 Å². The van der Waals surface area contributed by atoms with E-state index in [1.807, 2.05) is 43.0 Å². The number of rotatable bonds is 5. The van der Waals surface area contributed by atoms with Crippen LogP contribution in [0.4, 0.5) is 16.0 Å². The van der Waals surface area contributed by atoms with Crippen LogP contribution in [0.1, 0.15) is 57.6 Å². The Morgan fingerprint density at radius 1 is 1.11 bits per heavy atom. The van der Waals surface area contributed by atoms with Crippen molar-refractivity contribution in [1.82, 2.24) is 14.5 Å². The molecule has 1 aliphatic carbocycles. The number of aromatic nitrogens is 3. The molecule has 9 heteroatoms. The molecule has 5 rings (SSSR count). The van der Waals surface area contributed by atoms with Crippen LogP contribution in [0.5, 0.6) is 0 Å². The fourth-order valence-corrected chi connectivity index (χ4v) is 4.95. The summed E-state index contributed by atoms with van der Waals surface area (Å²) in [6.07, 6.45) is 7.72. The van der Waals surface area contributed by atoms with Crippen molar-refractivity contribution < 1.29 is 13.9 Å². The Kier molecular flexibility index (Phi) is 9.23. The van der Waals surface area contributed by atoms with Gasteiger partial charge in [0, 0.05) is 43.0 Å². The van der Waals surface area contributed by atoms with Gasteiger partial charge in [-0.2, -0.15) is 0 Å². The van der Waals surface area contributed by atoms with Gasteiger partial charge in [0.25, 0.3) is 5.56 Å². The fourth-order valence-electron chi connectivity index (χ4n) is 4.95. The van der Waals surface area contributed by atoms with Crippen LogP contribution in [0.2, 0.25) is 0 Å². The second-order valence-electron chi connectivity index (χ2n) is 9.45. The molecule has 202 valence electrons. The highest BCUT2D eigenvalue weighted by molar-refractivity contribution is 5.92. The smallest absolute Gasteiger partial charge is 0.255 e. The molecule has 0 spiro atoms. The molecular formula is C29H36FN5O3. The number of carbonyl (C=O) groups excluding carboxylic acids is 1. The van der Waals surface area contributed by atoms with Crippen molar-refractivity contribution >= 4 is 17.5 Å². The highest BCUT2D eigenvalue weighted by Gasteiger charge is 2.26. The van der Waals surface area contributed by atoms with E-state index in [9.17, 15) is 14.0 Å². The number of carbonyl (C=O) groups is 1. The number of morpholine rings is 1. The standard InChI is InChI=1S/C27H30FN5O3.C2H6/c1-32-25(34)15-23(21-11-12-29-16-22(21)28)31-27(32)33-13-14-36-24(17-33)18-7-9-20(10-8-18)30-26(35)19-5-3-2-4-6-19;1-2/h7-12,15-16,19,24H,2-6,13-14,17H2,1H3,(H,30,35);1-2H3. The van der Waals surface area contributed by atoms with Crippen molar-refractivity contribution in [1.29, 1.82) is 0 Å². The molecule has 1 saturated carbocycles. The number of halogens is 1. The lowest BCUT2D eigenvalue weighted by atomic mass is 9.88. The number of anilines is 2. The van der Waals surface area contributed by atoms with E-state index >= 15 is 0 Å². The molecule has 1 atom stereocenters. The lowest BCUT2D eigenvalue weighted by molar-refractivity contribution is -0.120. The van der Waals surface area contributed by atoms with Crippen LogP contribution in [-0.2, 0) is 16.6 Å². The number of pyridine rings is 1. The van der Waals surface area contributed by atoms with Crippen LogP contribution in [0.25, 0.3) is 11.3 Å². The van der Waals surface area contributed by atoms with Gasteiger partial charge in [-0.05, 0) is 36.6 Å². The van der Waals surface area contributed by atoms with E-state index in [0.29, 0.717) is 25.6 Å². The summed E-state index contributed by atoms with van der Waals surface area (Å²) in [6, 6.07) is 10.6. The van der Waals surface area contributed by atoms with Crippen molar-refractivity contribution in [2.75, 3.05) is 29.9 Å². The predicted molar refractivity (Wildman–Crippen MR) is 147 cm³/mol. The SMILES string of the molecule is CC.Cn1c(N2CCOC(c3ccc(NC(=O)C4CCCCC4)cc3)C2)nc(-c2ccncc2F)cc1=O. The highest BCUT2D eigenvalue weighted by Crippen LogP contribution is 2.28. The molecule has 38 heavy (non-hydrogen) atoms. The van der Waals surface area contributed by atoms with Gasteiger partial charge in [-0.25, -0.2) is 9.37 Å². The van der Waals surface area contributed by atoms with Crippen LogP contribution in [0.3, 0.4) is 0 Å². The van der Waals surface area contributed by atoms with Gasteiger partial charge in [-0.3, -0.25) is 19.1 Å². The zero-order valence-corrected chi connectivity index (χ0v) is 22.3. The average molecular weight is 522 g/mol. The van der Waals surface area contributed by atoms with E-state index in [-0.39, 0.29) is 34.7 Å². The lowest BCUT2D eigenvalue weighted by Crippen LogP contribution is -2.41. The van der Waals surface area contributed by atoms with Crippen molar-refractivity contribution in [2.45, 2.75) is 52.1 Å². The molecule has 3 heterocycles. The van der Waals surface area contributed by atoms with Crippen LogP contribution in [-0.4, -0.2) is 40.1 Å². The Hall–Kier alpha value is -3.59. The molecule has 1 amide bonds. The molecule has 1 aromatic carbocycles. The van der Waals surface area contributed by atoms with Gasteiger partial charge in [0.1, 0.15) is 6.10 Å². The Labute approximate surface area is 222 Å². The van der Waals surface area contributed by atoms with Crippen LogP contribution in [0.15, 0.2) is 53.6 Å². The van der Waals surface area contributed by atoms with Gasteiger partial charge in [-0.15, -0.1) is 0 Å². The lowest BCUT2D eigenvalue weighted by Gasteiger charge is -2.34. The molecule has 0 bridgehead atoms. The molecule has 2 aliphatic rings. The number of amides is 1. The Morgan fingerprint density at radius 2 is 1.84 bits per heavy atom. The second kappa shape index (κ2) is 12.8. The number of nitrogens with one attached hydrogen (secondary N) is 1. The first-order chi connectivity index (χ1) is 18.5. The Bertz CT molecular complexity index is 1290. The predicted octanol–water partition coefficient (Wildman–Crippen LogP) is 5.10. The highest BCUT2D eigenvalue weighted by atomic mass is 19.1. The summed E-state index contributed by atoms with van der Waals surface area (Å²) < 4.78 is 21.8. The minimum atomic E-state index is -0.528. The fraction of sp³-hybridized carbons (Fsp3) is 0.448. The first kappa shape index (κ1) is 27.4. The maximum atomic E-state index is 14.3. The van der Waals surface area contributed by atoms with Gasteiger partial charge < -0.3 is 15.0 Å². The van der Waals surface area contributed by atoms with Gasteiger partial charge >= 0.3 is 0 Å². The number of benzene rings is 1. The number of hydrogen-bond donors (Lipinski definition) is 1. The zero-order valence-electron chi connectivity index (χ0n) is 22.3. The van der Waals surface area contributed by atoms with Crippen LogP contribution in [0, 0.1) is 11.7 Å². The van der Waals surface area contributed by atoms with E-state index in [1.165, 1.54) is 29.3 Å². The molecule has 1 unspecified atom stereocenters. The third kappa shape index (κ3) is 6.27. The molecule has 1 saturated heterocycles. The third-order valence-corrected chi connectivity index (χ3v) is 7.03. The van der Waals surface area contributed by atoms with E-state index in [4.69, 9.17) is 4.74 Å². The number of nitrogens with zero attached hydrogens (tertiary/aromatic N) is 4. The van der Waals surface area contributed by atoms with Gasteiger partial charge in [0.2, 0.25) is 11.9 Å². The first-order valence-electron chi connectivity index (χ1n) is 13.4. The summed E-state index contributed by atoms with van der Waals surface area (Å²) in [5.74, 6) is 0.127. The summed E-state index contributed by atoms with van der Waals surface area (Å²) in [5, 5.41) is 3.04. The Morgan fingerprint density at radius 3 is 2.55 bits per heavy atom. The second-order valence-corrected chi connectivity index (χ2v) is 9.45. The normalized spacial score (nSPS) is 17.9. The molecular weight excluding hydrogens is 485 g/mol. The van der Waals surface area contributed by atoms with Crippen LogP contribution >= 0.6 is 0 Å². The van der Waals surface area contributed by atoms with Crippen molar-refractivity contribution in [3.05, 3.63) is 70.5 Å². The maximum Gasteiger partial charge on any atom is 0.255 e. The largest absolute Gasteiger partial charge is 0.370 e. The summed E-state index contributed by atoms with van der Waals surface area (Å²) in [6.45, 7) is 5.49. The molecule has 0 radical (unpaired) electrons. The van der Waals surface area contributed by atoms with Gasteiger partial charge in [-0.1, -0.05) is 45.2 Å². The zero-order chi connectivity index (χ0) is 27.1. The van der Waals surface area contributed by atoms with Crippen molar-refractivity contribution in [3.63, 3.8) is 0 Å². The molecule has 2 aromatic heterocycles. The Balaban J connectivity index is 0.00000164. The van der Waals surface area contributed by atoms with Crippen molar-refractivity contribution in [3.8, 4) is 11.3 Å². The topological polar surface area (TPSA) is 89.3 Å². The van der Waals surface area contributed by atoms with Gasteiger partial charge in [0.05, 0.1) is 25.0 Å². The summed E-state index contributed by atoms with van der Waals surface area (Å²) >= 11 is 0. The van der Waals surface area contributed by atoms with E-state index in [0.717, 1.165) is 43.1 Å². The molecule has 1 aliphatic heterocycles. The summed E-state index contributed by atoms with van der Waals surface area (Å²) in [7, 11) is 1.66. The monoisotopic (exact) mass is 521 g/mol. The average Bonchev–Trinajstić information content (AvgIpc) is 2.97. The number of ether oxygens (including phenoxy) is 1. The van der Waals surface area contributed by atoms with Gasteiger partial charge in [0.15, 0.2) is 5.82 Å². The third-order valence-electron chi connectivity index (χ3n) is 7.03. The first-order valence-corrected chi connectivity index (χ1v) is 13.4. The maximum absolute atomic E-state index is 14.3. The quantitative estimate of drug-likeness (QED) is 0.502. The summed E-state index contributed by atoms with van der Waals surface area (Å²) in [4.78, 5) is 35.6.